The third kappa shape index (κ3) is 4.13. The summed E-state index contributed by atoms with van der Waals surface area (Å²) in [5.74, 6) is 0.918. The predicted octanol–water partition coefficient (Wildman–Crippen LogP) is 4.19. The summed E-state index contributed by atoms with van der Waals surface area (Å²) in [6.07, 6.45) is 3.19. The van der Waals surface area contributed by atoms with Gasteiger partial charge in [0.2, 0.25) is 5.91 Å². The third-order valence-corrected chi connectivity index (χ3v) is 5.03. The fraction of sp³-hybridized carbons (Fsp3) is 0.364. The normalized spacial score (nSPS) is 15.4. The van der Waals surface area contributed by atoms with E-state index in [1.165, 1.54) is 11.1 Å². The van der Waals surface area contributed by atoms with Crippen LogP contribution in [0.25, 0.3) is 0 Å². The van der Waals surface area contributed by atoms with E-state index < -0.39 is 0 Å². The van der Waals surface area contributed by atoms with Gasteiger partial charge in [-0.25, -0.2) is 0 Å². The zero-order valence-corrected chi connectivity index (χ0v) is 15.4. The quantitative estimate of drug-likeness (QED) is 0.555. The first-order valence-electron chi connectivity index (χ1n) is 9.13. The maximum Gasteiger partial charge on any atom is 0.222 e. The number of aryl methyl sites for hydroxylation is 1. The molecule has 1 aliphatic rings. The van der Waals surface area contributed by atoms with E-state index >= 15 is 0 Å². The van der Waals surface area contributed by atoms with Crippen LogP contribution in [0.5, 0.6) is 5.75 Å². The SMILES string of the molecule is CC(=O)c1ccc(OCCCC(=O)N(C)C2CCc3ccccc32)cc1. The Bertz CT molecular complexity index is 782. The maximum absolute atomic E-state index is 12.5. The molecule has 3 rings (SSSR count). The van der Waals surface area contributed by atoms with E-state index in [9.17, 15) is 9.59 Å². The lowest BCUT2D eigenvalue weighted by atomic mass is 10.1. The average molecular weight is 351 g/mol. The Morgan fingerprint density at radius 3 is 2.58 bits per heavy atom. The van der Waals surface area contributed by atoms with Gasteiger partial charge in [-0.05, 0) is 61.6 Å². The van der Waals surface area contributed by atoms with Crippen molar-refractivity contribution >= 4 is 11.7 Å². The van der Waals surface area contributed by atoms with Gasteiger partial charge >= 0.3 is 0 Å². The minimum atomic E-state index is 0.0404. The van der Waals surface area contributed by atoms with Crippen molar-refractivity contribution in [2.24, 2.45) is 0 Å². The van der Waals surface area contributed by atoms with E-state index in [0.29, 0.717) is 25.0 Å². The summed E-state index contributed by atoms with van der Waals surface area (Å²) in [4.78, 5) is 25.6. The van der Waals surface area contributed by atoms with Crippen LogP contribution in [0.1, 0.15) is 53.7 Å². The van der Waals surface area contributed by atoms with Crippen LogP contribution < -0.4 is 4.74 Å². The topological polar surface area (TPSA) is 46.6 Å². The first kappa shape index (κ1) is 18.2. The molecule has 1 amide bonds. The van der Waals surface area contributed by atoms with Crippen molar-refractivity contribution in [2.75, 3.05) is 13.7 Å². The number of amides is 1. The lowest BCUT2D eigenvalue weighted by Crippen LogP contribution is -2.30. The summed E-state index contributed by atoms with van der Waals surface area (Å²) >= 11 is 0. The summed E-state index contributed by atoms with van der Waals surface area (Å²) in [6, 6.07) is 15.7. The van der Waals surface area contributed by atoms with Crippen molar-refractivity contribution in [1.29, 1.82) is 0 Å². The number of hydrogen-bond donors (Lipinski definition) is 0. The second-order valence-electron chi connectivity index (χ2n) is 6.79. The molecule has 0 N–H and O–H groups in total. The molecule has 0 saturated carbocycles. The minimum absolute atomic E-state index is 0.0404. The Hall–Kier alpha value is -2.62. The molecular weight excluding hydrogens is 326 g/mol. The molecule has 0 fully saturated rings. The smallest absolute Gasteiger partial charge is 0.222 e. The molecule has 4 nitrogen and oxygen atoms in total. The Balaban J connectivity index is 1.45. The molecule has 136 valence electrons. The zero-order valence-electron chi connectivity index (χ0n) is 15.4. The summed E-state index contributed by atoms with van der Waals surface area (Å²) in [5.41, 5.74) is 3.31. The standard InChI is InChI=1S/C22H25NO3/c1-16(24)17-9-12-19(13-10-17)26-15-5-8-22(25)23(2)21-14-11-18-6-3-4-7-20(18)21/h3-4,6-7,9-10,12-13,21H,5,8,11,14-15H2,1-2H3. The molecule has 26 heavy (non-hydrogen) atoms. The fourth-order valence-corrected chi connectivity index (χ4v) is 3.49. The van der Waals surface area contributed by atoms with Crippen LogP contribution in [0.4, 0.5) is 0 Å². The van der Waals surface area contributed by atoms with Gasteiger partial charge in [-0.1, -0.05) is 24.3 Å². The number of nitrogens with zero attached hydrogens (tertiary/aromatic N) is 1. The van der Waals surface area contributed by atoms with Crippen molar-refractivity contribution in [3.63, 3.8) is 0 Å². The van der Waals surface area contributed by atoms with E-state index in [2.05, 4.69) is 18.2 Å². The highest BCUT2D eigenvalue weighted by molar-refractivity contribution is 5.94. The van der Waals surface area contributed by atoms with Crippen molar-refractivity contribution in [2.45, 2.75) is 38.6 Å². The van der Waals surface area contributed by atoms with Crippen LogP contribution in [0, 0.1) is 0 Å². The fourth-order valence-electron chi connectivity index (χ4n) is 3.49. The van der Waals surface area contributed by atoms with Gasteiger partial charge in [-0.15, -0.1) is 0 Å². The monoisotopic (exact) mass is 351 g/mol. The van der Waals surface area contributed by atoms with Crippen molar-refractivity contribution in [1.82, 2.24) is 4.90 Å². The summed E-state index contributed by atoms with van der Waals surface area (Å²) in [7, 11) is 1.90. The van der Waals surface area contributed by atoms with Crippen LogP contribution in [0.3, 0.4) is 0 Å². The molecule has 4 heteroatoms. The first-order chi connectivity index (χ1) is 12.6. The molecule has 0 radical (unpaired) electrons. The van der Waals surface area contributed by atoms with Gasteiger partial charge in [0.25, 0.3) is 0 Å². The molecule has 0 saturated heterocycles. The van der Waals surface area contributed by atoms with Crippen molar-refractivity contribution in [3.05, 3.63) is 65.2 Å². The summed E-state index contributed by atoms with van der Waals surface area (Å²) in [5, 5.41) is 0. The number of Topliss-reactive ketones (excluding diaryl/α,β-unsaturated/α-hetero) is 1. The second-order valence-corrected chi connectivity index (χ2v) is 6.79. The largest absolute Gasteiger partial charge is 0.494 e. The van der Waals surface area contributed by atoms with Gasteiger partial charge in [0.1, 0.15) is 5.75 Å². The van der Waals surface area contributed by atoms with E-state index in [-0.39, 0.29) is 17.7 Å². The molecule has 0 aromatic heterocycles. The third-order valence-electron chi connectivity index (χ3n) is 5.03. The van der Waals surface area contributed by atoms with E-state index in [4.69, 9.17) is 4.74 Å². The van der Waals surface area contributed by atoms with Gasteiger partial charge in [0.05, 0.1) is 12.6 Å². The highest BCUT2D eigenvalue weighted by atomic mass is 16.5. The first-order valence-corrected chi connectivity index (χ1v) is 9.13. The molecule has 0 heterocycles. The number of ether oxygens (including phenoxy) is 1. The Morgan fingerprint density at radius 2 is 1.85 bits per heavy atom. The molecule has 0 spiro atoms. The van der Waals surface area contributed by atoms with Gasteiger partial charge in [0, 0.05) is 19.0 Å². The van der Waals surface area contributed by atoms with Gasteiger partial charge in [-0.2, -0.15) is 0 Å². The Labute approximate surface area is 154 Å². The van der Waals surface area contributed by atoms with Crippen molar-refractivity contribution in [3.8, 4) is 5.75 Å². The molecule has 2 aromatic carbocycles. The summed E-state index contributed by atoms with van der Waals surface area (Å²) in [6.45, 7) is 2.03. The molecule has 0 bridgehead atoms. The van der Waals surface area contributed by atoms with Crippen LogP contribution in [0.2, 0.25) is 0 Å². The van der Waals surface area contributed by atoms with E-state index in [1.54, 1.807) is 31.2 Å². The lowest BCUT2D eigenvalue weighted by molar-refractivity contribution is -0.132. The number of ketones is 1. The van der Waals surface area contributed by atoms with Crippen molar-refractivity contribution < 1.29 is 14.3 Å². The van der Waals surface area contributed by atoms with E-state index in [0.717, 1.165) is 18.6 Å². The van der Waals surface area contributed by atoms with Crippen LogP contribution >= 0.6 is 0 Å². The zero-order chi connectivity index (χ0) is 18.5. The Morgan fingerprint density at radius 1 is 1.12 bits per heavy atom. The van der Waals surface area contributed by atoms with Gasteiger partial charge < -0.3 is 9.64 Å². The van der Waals surface area contributed by atoms with Gasteiger partial charge in [-0.3, -0.25) is 9.59 Å². The number of benzene rings is 2. The average Bonchev–Trinajstić information content (AvgIpc) is 3.09. The number of carbonyl (C=O) groups excluding carboxylic acids is 2. The molecule has 1 aliphatic carbocycles. The highest BCUT2D eigenvalue weighted by Gasteiger charge is 2.27. The van der Waals surface area contributed by atoms with Crippen LogP contribution in [0.15, 0.2) is 48.5 Å². The van der Waals surface area contributed by atoms with Gasteiger partial charge in [0.15, 0.2) is 5.78 Å². The number of hydrogen-bond acceptors (Lipinski definition) is 3. The predicted molar refractivity (Wildman–Crippen MR) is 101 cm³/mol. The minimum Gasteiger partial charge on any atom is -0.494 e. The highest BCUT2D eigenvalue weighted by Crippen LogP contribution is 2.35. The number of carbonyl (C=O) groups is 2. The summed E-state index contributed by atoms with van der Waals surface area (Å²) < 4.78 is 5.67. The lowest BCUT2D eigenvalue weighted by Gasteiger charge is -2.25. The van der Waals surface area contributed by atoms with E-state index in [1.807, 2.05) is 18.0 Å². The van der Waals surface area contributed by atoms with Crippen LogP contribution in [-0.2, 0) is 11.2 Å². The number of rotatable bonds is 7. The molecular formula is C22H25NO3. The van der Waals surface area contributed by atoms with Crippen LogP contribution in [-0.4, -0.2) is 30.2 Å². The maximum atomic E-state index is 12.5. The number of fused-ring (bicyclic) bond motifs is 1. The molecule has 1 atom stereocenters. The molecule has 0 aliphatic heterocycles. The Kier molecular flexibility index (Phi) is 5.71. The second kappa shape index (κ2) is 8.17. The molecule has 2 aromatic rings. The molecule has 1 unspecified atom stereocenters.